The molecule has 4 aliphatic rings. The Morgan fingerprint density at radius 1 is 0.667 bits per heavy atom. The van der Waals surface area contributed by atoms with Crippen molar-refractivity contribution >= 4 is 29.8 Å². The first-order chi connectivity index (χ1) is 28.7. The van der Waals surface area contributed by atoms with Crippen LogP contribution < -0.4 is 17.2 Å². The van der Waals surface area contributed by atoms with Crippen molar-refractivity contribution in [3.8, 4) is 0 Å². The van der Waals surface area contributed by atoms with Crippen LogP contribution >= 0.6 is 0 Å². The summed E-state index contributed by atoms with van der Waals surface area (Å²) in [5.74, 6) is -1.30. The predicted molar refractivity (Wildman–Crippen MR) is 226 cm³/mol. The molecule has 0 amide bonds. The number of fused-ring (bicyclic) bond motifs is 5. The van der Waals surface area contributed by atoms with Gasteiger partial charge in [-0.3, -0.25) is 24.0 Å². The van der Waals surface area contributed by atoms with E-state index in [4.69, 9.17) is 40.9 Å². The summed E-state index contributed by atoms with van der Waals surface area (Å²) in [6.07, 6.45) is 12.1. The Hall–Kier alpha value is -2.81. The average molecular weight is 850 g/mol. The predicted octanol–water partition coefficient (Wildman–Crippen LogP) is 5.65. The first kappa shape index (κ1) is 49.8. The van der Waals surface area contributed by atoms with Crippen LogP contribution in [0.3, 0.4) is 0 Å². The molecule has 0 heterocycles. The minimum Gasteiger partial charge on any atom is -0.463 e. The fourth-order valence-corrected chi connectivity index (χ4v) is 11.9. The molecule has 344 valence electrons. The molecular weight excluding hydrogens is 771 g/mol. The van der Waals surface area contributed by atoms with Crippen molar-refractivity contribution in [3.05, 3.63) is 0 Å². The number of carbonyl (C=O) groups excluding carboxylic acids is 5. The highest BCUT2D eigenvalue weighted by atomic mass is 16.6. The third-order valence-corrected chi connectivity index (χ3v) is 15.0. The van der Waals surface area contributed by atoms with E-state index in [1.54, 1.807) is 0 Å². The molecule has 14 heteroatoms. The van der Waals surface area contributed by atoms with Crippen LogP contribution in [0, 0.1) is 46.3 Å². The van der Waals surface area contributed by atoms with Crippen LogP contribution in [0.25, 0.3) is 0 Å². The van der Waals surface area contributed by atoms with Gasteiger partial charge >= 0.3 is 29.8 Å². The van der Waals surface area contributed by atoms with E-state index in [0.717, 1.165) is 44.9 Å². The maximum absolute atomic E-state index is 13.3. The summed E-state index contributed by atoms with van der Waals surface area (Å²) in [5.41, 5.74) is 16.6. The molecule has 60 heavy (non-hydrogen) atoms. The number of aliphatic hydroxyl groups excluding tert-OH is 1. The Labute approximate surface area is 358 Å². The van der Waals surface area contributed by atoms with Gasteiger partial charge in [0.1, 0.15) is 37.6 Å². The first-order valence-electron chi connectivity index (χ1n) is 23.4. The molecule has 14 nitrogen and oxygen atoms in total. The lowest BCUT2D eigenvalue weighted by Gasteiger charge is -2.64. The van der Waals surface area contributed by atoms with Crippen LogP contribution in [-0.4, -0.2) is 92.2 Å². The molecule has 12 atom stereocenters. The monoisotopic (exact) mass is 850 g/mol. The molecule has 0 spiro atoms. The number of hydrogen-bond donors (Lipinski definition) is 4. The quantitative estimate of drug-likeness (QED) is 0.0495. The van der Waals surface area contributed by atoms with Gasteiger partial charge in [-0.15, -0.1) is 0 Å². The lowest BCUT2D eigenvalue weighted by atomic mass is 9.43. The Bertz CT molecular complexity index is 1400. The number of esters is 5. The largest absolute Gasteiger partial charge is 0.463 e. The number of carbonyl (C=O) groups is 5. The number of hydrogen-bond acceptors (Lipinski definition) is 14. The number of unbranched alkanes of at least 4 members (excludes halogenated alkanes) is 6. The molecule has 0 aromatic rings. The second-order valence-corrected chi connectivity index (χ2v) is 18.9. The molecule has 0 bridgehead atoms. The van der Waals surface area contributed by atoms with Gasteiger partial charge in [-0.25, -0.2) is 0 Å². The molecule has 4 saturated carbocycles. The second kappa shape index (κ2) is 24.1. The molecule has 7 N–H and O–H groups in total. The van der Waals surface area contributed by atoms with Gasteiger partial charge < -0.3 is 46.0 Å². The highest BCUT2D eigenvalue weighted by molar-refractivity contribution is 5.71. The molecule has 0 radical (unpaired) electrons. The zero-order valence-electron chi connectivity index (χ0n) is 37.2. The molecule has 4 aliphatic carbocycles. The highest BCUT2D eigenvalue weighted by Crippen LogP contribution is 2.69. The fourth-order valence-electron chi connectivity index (χ4n) is 11.9. The van der Waals surface area contributed by atoms with E-state index in [-0.39, 0.29) is 136 Å². The summed E-state index contributed by atoms with van der Waals surface area (Å²) in [4.78, 5) is 64.1. The molecule has 0 aromatic heterocycles. The van der Waals surface area contributed by atoms with Crippen molar-refractivity contribution in [2.45, 2.75) is 181 Å². The topological polar surface area (TPSA) is 230 Å². The van der Waals surface area contributed by atoms with Gasteiger partial charge in [0.2, 0.25) is 0 Å². The van der Waals surface area contributed by atoms with Crippen molar-refractivity contribution in [1.29, 1.82) is 0 Å². The molecular formula is C46H79N3O11. The zero-order chi connectivity index (χ0) is 43.9. The second-order valence-electron chi connectivity index (χ2n) is 18.9. The standard InChI is InChI=1S/C46H79N3O11/c1-5-6-7-8-9-10-11-12-39(51)56-28-32(50)29-57-40(52)16-13-30(2)34-14-15-35-44-36(27-38(46(34,35)4)60-43(55)20-24-49)45(3)21-17-33(58-41(53)18-22-47)25-31(45)26-37(44)59-42(54)19-23-48/h30-38,44,50H,5-29,47-49H2,1-4H3/t30-,31+,32?,33-,34-,35+,36+,37-,38+,44+,45+,46-/m1/s1. The summed E-state index contributed by atoms with van der Waals surface area (Å²) in [7, 11) is 0. The number of nitrogens with two attached hydrogens (primary N) is 3. The van der Waals surface area contributed by atoms with Crippen LogP contribution in [0.2, 0.25) is 0 Å². The fraction of sp³-hybridized carbons (Fsp3) is 0.891. The normalized spacial score (nSPS) is 31.7. The number of ether oxygens (including phenoxy) is 5. The van der Waals surface area contributed by atoms with Crippen molar-refractivity contribution < 1.29 is 52.8 Å². The van der Waals surface area contributed by atoms with Crippen LogP contribution in [0.5, 0.6) is 0 Å². The van der Waals surface area contributed by atoms with Crippen molar-refractivity contribution in [2.75, 3.05) is 32.8 Å². The zero-order valence-corrected chi connectivity index (χ0v) is 37.2. The maximum Gasteiger partial charge on any atom is 0.307 e. The van der Waals surface area contributed by atoms with E-state index >= 15 is 0 Å². The van der Waals surface area contributed by atoms with E-state index in [9.17, 15) is 29.1 Å². The van der Waals surface area contributed by atoms with Crippen molar-refractivity contribution in [3.63, 3.8) is 0 Å². The van der Waals surface area contributed by atoms with Crippen LogP contribution in [-0.2, 0) is 47.7 Å². The van der Waals surface area contributed by atoms with E-state index in [1.807, 2.05) is 0 Å². The Balaban J connectivity index is 1.42. The van der Waals surface area contributed by atoms with Crippen molar-refractivity contribution in [2.24, 2.45) is 63.5 Å². The third-order valence-electron chi connectivity index (χ3n) is 15.0. The van der Waals surface area contributed by atoms with Crippen molar-refractivity contribution in [1.82, 2.24) is 0 Å². The van der Waals surface area contributed by atoms with E-state index in [0.29, 0.717) is 32.1 Å². The molecule has 1 unspecified atom stereocenters. The van der Waals surface area contributed by atoms with E-state index in [2.05, 4.69) is 27.7 Å². The number of rotatable bonds is 25. The first-order valence-corrected chi connectivity index (χ1v) is 23.4. The third kappa shape index (κ3) is 13.1. The van der Waals surface area contributed by atoms with E-state index < -0.39 is 23.6 Å². The Morgan fingerprint density at radius 3 is 1.88 bits per heavy atom. The van der Waals surface area contributed by atoms with Gasteiger partial charge in [-0.1, -0.05) is 66.2 Å². The summed E-state index contributed by atoms with van der Waals surface area (Å²) >= 11 is 0. The summed E-state index contributed by atoms with van der Waals surface area (Å²) in [6.45, 7) is 8.99. The van der Waals surface area contributed by atoms with Crippen LogP contribution in [0.4, 0.5) is 0 Å². The average Bonchev–Trinajstić information content (AvgIpc) is 3.57. The minimum absolute atomic E-state index is 0.0204. The molecule has 0 aromatic carbocycles. The minimum atomic E-state index is -1.11. The van der Waals surface area contributed by atoms with Crippen LogP contribution in [0.1, 0.15) is 156 Å². The summed E-state index contributed by atoms with van der Waals surface area (Å²) in [6, 6.07) is 0. The highest BCUT2D eigenvalue weighted by Gasteiger charge is 2.67. The molecule has 0 saturated heterocycles. The van der Waals surface area contributed by atoms with Gasteiger partial charge in [-0.05, 0) is 92.8 Å². The summed E-state index contributed by atoms with van der Waals surface area (Å²) < 4.78 is 29.3. The SMILES string of the molecule is CCCCCCCCCC(=O)OCC(O)COC(=O)CC[C@@H](C)[C@H]1CC[C@H]2[C@@H]3[C@H](OC(=O)CCN)C[C@@H]4C[C@H](OC(=O)CCN)CC[C@]4(C)[C@H]3C[C@H](OC(=O)CCN)[C@]12C. The molecule has 0 aliphatic heterocycles. The van der Waals surface area contributed by atoms with Gasteiger partial charge in [0.25, 0.3) is 0 Å². The molecule has 4 rings (SSSR count). The van der Waals surface area contributed by atoms with E-state index in [1.165, 1.54) is 25.7 Å². The lowest BCUT2D eigenvalue weighted by Crippen LogP contribution is -2.63. The molecule has 4 fully saturated rings. The summed E-state index contributed by atoms with van der Waals surface area (Å²) in [5, 5.41) is 10.4. The smallest absolute Gasteiger partial charge is 0.307 e. The van der Waals surface area contributed by atoms with Gasteiger partial charge in [-0.2, -0.15) is 0 Å². The van der Waals surface area contributed by atoms with Crippen LogP contribution in [0.15, 0.2) is 0 Å². The number of aliphatic hydroxyl groups is 1. The maximum atomic E-state index is 13.3. The lowest BCUT2D eigenvalue weighted by molar-refractivity contribution is -0.225. The Morgan fingerprint density at radius 2 is 1.25 bits per heavy atom. The van der Waals surface area contributed by atoms with Gasteiger partial charge in [0.15, 0.2) is 0 Å². The van der Waals surface area contributed by atoms with Gasteiger partial charge in [0.05, 0.1) is 19.3 Å². The Kier molecular flexibility index (Phi) is 20.1. The van der Waals surface area contributed by atoms with Gasteiger partial charge in [0, 0.05) is 43.8 Å².